The second kappa shape index (κ2) is 16.6. The van der Waals surface area contributed by atoms with Crippen LogP contribution in [0.3, 0.4) is 0 Å². The predicted octanol–water partition coefficient (Wildman–Crippen LogP) is -0.176. The first-order valence-electron chi connectivity index (χ1n) is 8.45. The predicted molar refractivity (Wildman–Crippen MR) is 123 cm³/mol. The van der Waals surface area contributed by atoms with E-state index in [1.165, 1.54) is 18.3 Å². The van der Waals surface area contributed by atoms with Gasteiger partial charge in [-0.3, -0.25) is 0 Å². The summed E-state index contributed by atoms with van der Waals surface area (Å²) in [6.07, 6.45) is 2.85. The lowest BCUT2D eigenvalue weighted by Gasteiger charge is -2.13. The van der Waals surface area contributed by atoms with Gasteiger partial charge in [-0.15, -0.1) is 10.2 Å². The van der Waals surface area contributed by atoms with Crippen molar-refractivity contribution in [2.45, 2.75) is 0 Å². The molecule has 0 aromatic carbocycles. The van der Waals surface area contributed by atoms with E-state index < -0.39 is 25.5 Å². The van der Waals surface area contributed by atoms with Crippen LogP contribution < -0.4 is 10.5 Å². The quantitative estimate of drug-likeness (QED) is 0.174. The molecule has 0 saturated carbocycles. The van der Waals surface area contributed by atoms with Gasteiger partial charge in [0.05, 0.1) is 13.2 Å². The van der Waals surface area contributed by atoms with E-state index in [9.17, 15) is 21.6 Å². The van der Waals surface area contributed by atoms with E-state index in [1.54, 1.807) is 18.3 Å². The zero-order valence-electron chi connectivity index (χ0n) is 16.9. The summed E-state index contributed by atoms with van der Waals surface area (Å²) in [6.45, 7) is 0.286. The Kier molecular flexibility index (Phi) is 15.2. The van der Waals surface area contributed by atoms with Gasteiger partial charge in [-0.25, -0.2) is 14.3 Å². The molecule has 1 fully saturated rings. The van der Waals surface area contributed by atoms with Gasteiger partial charge in [-0.1, -0.05) is 20.3 Å². The van der Waals surface area contributed by atoms with Crippen LogP contribution >= 0.6 is 26.6 Å². The number of cyclic esters (lactones) is 1. The molecule has 0 aliphatic carbocycles. The number of halogens is 2. The fraction of sp³-hybridized carbons (Fsp3) is 0.286. The molecule has 188 valence electrons. The fourth-order valence-electron chi connectivity index (χ4n) is 1.50. The van der Waals surface area contributed by atoms with Crippen LogP contribution in [0.4, 0.5) is 16.4 Å². The second-order valence-corrected chi connectivity index (χ2v) is 9.62. The summed E-state index contributed by atoms with van der Waals surface area (Å²) in [5.74, 6) is 0.504. The maximum Gasteiger partial charge on any atom is 0.425 e. The Hall–Kier alpha value is -2.96. The smallest absolute Gasteiger partial charge is 0.425 e. The number of aliphatic hydroxyl groups is 1. The van der Waals surface area contributed by atoms with E-state index in [-0.39, 0.29) is 25.6 Å². The first-order chi connectivity index (χ1) is 16.0. The lowest BCUT2D eigenvalue weighted by Crippen LogP contribution is -2.36. The highest BCUT2D eigenvalue weighted by Gasteiger charge is 2.33. The number of amides is 1. The number of alkyl halides is 1. The second-order valence-electron chi connectivity index (χ2n) is 5.06. The fourth-order valence-corrected chi connectivity index (χ4v) is 2.72. The molecule has 0 spiro atoms. The molecular formula is C14H18BrClN8O8S2. The Bertz CT molecular complexity index is 1120. The molecule has 1 amide bonds. The first-order valence-corrected chi connectivity index (χ1v) is 13.3. The van der Waals surface area contributed by atoms with Crippen molar-refractivity contribution >= 4 is 69.9 Å². The molecule has 0 unspecified atom stereocenters. The molecule has 2 aromatic heterocycles. The number of hydrogen-bond donors (Lipinski definition) is 3. The minimum atomic E-state index is -4.00. The molecule has 1 aliphatic heterocycles. The largest absolute Gasteiger partial charge is 0.447 e. The topological polar surface area (TPSA) is 237 Å². The Morgan fingerprint density at radius 3 is 2.12 bits per heavy atom. The van der Waals surface area contributed by atoms with Crippen molar-refractivity contribution in [2.24, 2.45) is 4.40 Å². The van der Waals surface area contributed by atoms with Crippen molar-refractivity contribution in [3.8, 4) is 0 Å². The van der Waals surface area contributed by atoms with E-state index >= 15 is 0 Å². The van der Waals surface area contributed by atoms with Crippen LogP contribution in [0.1, 0.15) is 0 Å². The summed E-state index contributed by atoms with van der Waals surface area (Å²) in [7, 11) is -3.58. The molecule has 0 bridgehead atoms. The molecule has 3 heterocycles. The standard InChI is InChI=1S/C7H8N4O4S.C4H5N3.C2H5BrO.CClNO3S/c12-7-11(4-5-15-7)16(13,14)10-6-2-1-3-8-9-6;5-4-2-1-3-6-7-4;3-1-2-4;2-7(5,6)3-1-4/h1-3H,4-5H2,(H,9,10);1-3H,(H2,5,7);4H,1-2H2;. The average molecular weight is 606 g/mol. The van der Waals surface area contributed by atoms with Crippen molar-refractivity contribution in [2.75, 3.05) is 35.5 Å². The van der Waals surface area contributed by atoms with E-state index in [4.69, 9.17) is 15.6 Å². The van der Waals surface area contributed by atoms with Crippen LogP contribution in [0.15, 0.2) is 41.1 Å². The molecule has 1 aliphatic rings. The molecule has 1 saturated heterocycles. The number of nitrogens with zero attached hydrogens (tertiary/aromatic N) is 6. The monoisotopic (exact) mass is 604 g/mol. The van der Waals surface area contributed by atoms with Crippen LogP contribution in [-0.4, -0.2) is 83.9 Å². The highest BCUT2D eigenvalue weighted by molar-refractivity contribution is 9.09. The molecular weight excluding hydrogens is 588 g/mol. The SMILES string of the molecule is Nc1cccnn1.O=C1OCCN1S(=O)(=O)Nc1cccnn1.O=C=NS(=O)(=O)Cl.OCCBr. The highest BCUT2D eigenvalue weighted by Crippen LogP contribution is 2.12. The third-order valence-electron chi connectivity index (χ3n) is 2.64. The number of anilines is 2. The van der Waals surface area contributed by atoms with Gasteiger partial charge in [0, 0.05) is 28.4 Å². The van der Waals surface area contributed by atoms with Gasteiger partial charge >= 0.3 is 25.5 Å². The number of nitrogens with one attached hydrogen (secondary N) is 1. The number of nitrogen functional groups attached to an aromatic ring is 1. The van der Waals surface area contributed by atoms with Crippen molar-refractivity contribution in [1.82, 2.24) is 24.7 Å². The summed E-state index contributed by atoms with van der Waals surface area (Å²) in [6, 6.07) is 6.37. The number of aliphatic hydroxyl groups excluding tert-OH is 1. The number of nitrogens with two attached hydrogens (primary N) is 1. The number of hydrogen-bond acceptors (Lipinski definition) is 13. The van der Waals surface area contributed by atoms with Gasteiger partial charge < -0.3 is 15.6 Å². The third-order valence-corrected chi connectivity index (χ3v) is 4.88. The minimum Gasteiger partial charge on any atom is -0.447 e. The van der Waals surface area contributed by atoms with Crippen LogP contribution in [0.25, 0.3) is 0 Å². The van der Waals surface area contributed by atoms with Gasteiger partial charge in [-0.2, -0.15) is 31.3 Å². The number of aromatic nitrogens is 4. The summed E-state index contributed by atoms with van der Waals surface area (Å²) in [5, 5.41) is 22.6. The van der Waals surface area contributed by atoms with Crippen LogP contribution in [0.2, 0.25) is 0 Å². The Balaban J connectivity index is 0.000000504. The number of carbonyl (C=O) groups excluding carboxylic acids is 2. The van der Waals surface area contributed by atoms with Crippen molar-refractivity contribution < 1.29 is 36.3 Å². The number of isocyanates is 1. The zero-order valence-corrected chi connectivity index (χ0v) is 20.9. The van der Waals surface area contributed by atoms with Crippen LogP contribution in [-0.2, 0) is 29.0 Å². The van der Waals surface area contributed by atoms with Crippen LogP contribution in [0.5, 0.6) is 0 Å². The average Bonchev–Trinajstić information content (AvgIpc) is 3.22. The molecule has 4 N–H and O–H groups in total. The Morgan fingerprint density at radius 1 is 1.24 bits per heavy atom. The van der Waals surface area contributed by atoms with Gasteiger partial charge in [0.2, 0.25) is 0 Å². The van der Waals surface area contributed by atoms with E-state index in [0.717, 1.165) is 6.08 Å². The Morgan fingerprint density at radius 2 is 1.82 bits per heavy atom. The van der Waals surface area contributed by atoms with Crippen molar-refractivity contribution in [1.29, 1.82) is 0 Å². The summed E-state index contributed by atoms with van der Waals surface area (Å²) < 4.78 is 51.9. The number of carbonyl (C=O) groups is 1. The summed E-state index contributed by atoms with van der Waals surface area (Å²) in [4.78, 5) is 20.1. The maximum absolute atomic E-state index is 11.7. The van der Waals surface area contributed by atoms with E-state index in [2.05, 4.69) is 60.9 Å². The highest BCUT2D eigenvalue weighted by atomic mass is 79.9. The van der Waals surface area contributed by atoms with Gasteiger partial charge in [0.1, 0.15) is 12.4 Å². The lowest BCUT2D eigenvalue weighted by atomic mass is 10.6. The number of rotatable bonds is 5. The minimum absolute atomic E-state index is 0.00553. The zero-order chi connectivity index (χ0) is 26.0. The third kappa shape index (κ3) is 15.0. The molecule has 34 heavy (non-hydrogen) atoms. The molecule has 20 heteroatoms. The Labute approximate surface area is 207 Å². The first kappa shape index (κ1) is 31.0. The van der Waals surface area contributed by atoms with Gasteiger partial charge in [0.15, 0.2) is 5.82 Å². The van der Waals surface area contributed by atoms with E-state index in [0.29, 0.717) is 15.5 Å². The molecule has 3 rings (SSSR count). The molecule has 0 radical (unpaired) electrons. The van der Waals surface area contributed by atoms with Gasteiger partial charge in [-0.05, 0) is 24.3 Å². The normalized spacial score (nSPS) is 12.2. The maximum atomic E-state index is 11.7. The summed E-state index contributed by atoms with van der Waals surface area (Å²) in [5.41, 5.74) is 5.18. The molecule has 0 atom stereocenters. The summed E-state index contributed by atoms with van der Waals surface area (Å²) >= 11 is 3.00. The van der Waals surface area contributed by atoms with Crippen LogP contribution in [0, 0.1) is 0 Å². The molecule has 2 aromatic rings. The lowest BCUT2D eigenvalue weighted by molar-refractivity contribution is 0.170. The molecule has 16 nitrogen and oxygen atoms in total. The van der Waals surface area contributed by atoms with E-state index in [1.807, 2.05) is 0 Å². The van der Waals surface area contributed by atoms with Gasteiger partial charge in [0.25, 0.3) is 6.08 Å². The number of ether oxygens (including phenoxy) is 1. The van der Waals surface area contributed by atoms with Crippen molar-refractivity contribution in [3.63, 3.8) is 0 Å². The van der Waals surface area contributed by atoms with Crippen molar-refractivity contribution in [3.05, 3.63) is 36.7 Å².